The molecule has 0 amide bonds. The smallest absolute Gasteiger partial charge is 0.182 e. The fourth-order valence-corrected chi connectivity index (χ4v) is 1.96. The summed E-state index contributed by atoms with van der Waals surface area (Å²) in [5.41, 5.74) is 0.0387. The van der Waals surface area contributed by atoms with Gasteiger partial charge < -0.3 is 19.0 Å². The van der Waals surface area contributed by atoms with Crippen LogP contribution in [0.15, 0.2) is 0 Å². The Balaban J connectivity index is 2.09. The van der Waals surface area contributed by atoms with E-state index in [0.29, 0.717) is 32.8 Å². The first-order chi connectivity index (χ1) is 7.08. The molecular formula is C11H18O4. The van der Waals surface area contributed by atoms with Crippen LogP contribution >= 0.6 is 0 Å². The predicted molar refractivity (Wildman–Crippen MR) is 53.4 cm³/mol. The van der Waals surface area contributed by atoms with Crippen molar-refractivity contribution in [3.8, 4) is 0 Å². The van der Waals surface area contributed by atoms with Crippen molar-refractivity contribution in [3.63, 3.8) is 0 Å². The van der Waals surface area contributed by atoms with Crippen molar-refractivity contribution >= 4 is 6.29 Å². The summed E-state index contributed by atoms with van der Waals surface area (Å²) in [5, 5.41) is 0. The lowest BCUT2D eigenvalue weighted by molar-refractivity contribution is -0.336. The lowest BCUT2D eigenvalue weighted by Crippen LogP contribution is -2.56. The van der Waals surface area contributed by atoms with Crippen molar-refractivity contribution in [2.24, 2.45) is 11.3 Å². The maximum Gasteiger partial charge on any atom is 0.182 e. The largest absolute Gasteiger partial charge is 0.380 e. The molecule has 0 bridgehead atoms. The van der Waals surface area contributed by atoms with E-state index in [0.717, 1.165) is 6.29 Å². The van der Waals surface area contributed by atoms with Gasteiger partial charge in [-0.2, -0.15) is 0 Å². The Morgan fingerprint density at radius 1 is 1.27 bits per heavy atom. The van der Waals surface area contributed by atoms with Gasteiger partial charge in [-0.3, -0.25) is 0 Å². The Labute approximate surface area is 89.9 Å². The average Bonchev–Trinajstić information content (AvgIpc) is 2.24. The first kappa shape index (κ1) is 11.0. The summed E-state index contributed by atoms with van der Waals surface area (Å²) in [6, 6.07) is 0. The lowest BCUT2D eigenvalue weighted by atomic mass is 9.89. The second-order valence-electron chi connectivity index (χ2n) is 5.12. The molecule has 1 atom stereocenters. The molecule has 2 rings (SSSR count). The number of hydrogen-bond donors (Lipinski definition) is 0. The number of ether oxygens (including phenoxy) is 3. The van der Waals surface area contributed by atoms with Gasteiger partial charge in [-0.25, -0.2) is 0 Å². The number of aldehydes is 1. The second kappa shape index (κ2) is 3.85. The van der Waals surface area contributed by atoms with Gasteiger partial charge in [-0.1, -0.05) is 13.8 Å². The van der Waals surface area contributed by atoms with Gasteiger partial charge in [0.2, 0.25) is 0 Å². The molecule has 2 aliphatic heterocycles. The Morgan fingerprint density at radius 3 is 2.53 bits per heavy atom. The highest BCUT2D eigenvalue weighted by molar-refractivity contribution is 5.55. The van der Waals surface area contributed by atoms with Crippen LogP contribution in [0.25, 0.3) is 0 Å². The third kappa shape index (κ3) is 2.07. The standard InChI is InChI=1S/C11H18O4/c1-10(2)7-14-11(15-8-10)3-4-13-6-9(11)5-12/h5,9H,3-4,6-8H2,1-2H3. The molecule has 1 unspecified atom stereocenters. The van der Waals surface area contributed by atoms with E-state index in [-0.39, 0.29) is 11.3 Å². The minimum atomic E-state index is -0.713. The summed E-state index contributed by atoms with van der Waals surface area (Å²) >= 11 is 0. The van der Waals surface area contributed by atoms with Crippen LogP contribution in [0.1, 0.15) is 20.3 Å². The fourth-order valence-electron chi connectivity index (χ4n) is 1.96. The van der Waals surface area contributed by atoms with E-state index in [1.54, 1.807) is 0 Å². The molecule has 2 saturated heterocycles. The van der Waals surface area contributed by atoms with E-state index in [1.165, 1.54) is 0 Å². The number of carbonyl (C=O) groups is 1. The topological polar surface area (TPSA) is 44.8 Å². The highest BCUT2D eigenvalue weighted by Crippen LogP contribution is 2.38. The van der Waals surface area contributed by atoms with Crippen molar-refractivity contribution in [1.29, 1.82) is 0 Å². The summed E-state index contributed by atoms with van der Waals surface area (Å²) in [7, 11) is 0. The SMILES string of the molecule is CC1(C)COC2(CCOCC2C=O)OC1. The molecule has 0 saturated carbocycles. The minimum absolute atomic E-state index is 0.0387. The molecule has 4 nitrogen and oxygen atoms in total. The first-order valence-corrected chi connectivity index (χ1v) is 5.39. The molecule has 0 aromatic heterocycles. The van der Waals surface area contributed by atoms with Crippen LogP contribution in [0.2, 0.25) is 0 Å². The molecule has 2 fully saturated rings. The molecular weight excluding hydrogens is 196 g/mol. The Bertz CT molecular complexity index is 239. The maximum absolute atomic E-state index is 11.0. The molecule has 4 heteroatoms. The lowest BCUT2D eigenvalue weighted by Gasteiger charge is -2.47. The molecule has 86 valence electrons. The zero-order valence-corrected chi connectivity index (χ0v) is 9.32. The number of hydrogen-bond acceptors (Lipinski definition) is 4. The van der Waals surface area contributed by atoms with E-state index in [4.69, 9.17) is 14.2 Å². The molecule has 0 N–H and O–H groups in total. The van der Waals surface area contributed by atoms with Crippen LogP contribution in [-0.2, 0) is 19.0 Å². The van der Waals surface area contributed by atoms with E-state index >= 15 is 0 Å². The predicted octanol–water partition coefficient (Wildman–Crippen LogP) is 0.991. The fraction of sp³-hybridized carbons (Fsp3) is 0.909. The van der Waals surface area contributed by atoms with E-state index in [2.05, 4.69) is 13.8 Å². The van der Waals surface area contributed by atoms with Crippen LogP contribution in [0.4, 0.5) is 0 Å². The summed E-state index contributed by atoms with van der Waals surface area (Å²) in [6.45, 7) is 6.47. The molecule has 15 heavy (non-hydrogen) atoms. The molecule has 1 spiro atoms. The van der Waals surface area contributed by atoms with Gasteiger partial charge in [-0.15, -0.1) is 0 Å². The van der Waals surface area contributed by atoms with Crippen LogP contribution < -0.4 is 0 Å². The first-order valence-electron chi connectivity index (χ1n) is 5.39. The number of rotatable bonds is 1. The minimum Gasteiger partial charge on any atom is -0.380 e. The van der Waals surface area contributed by atoms with Crippen LogP contribution in [0, 0.1) is 11.3 Å². The van der Waals surface area contributed by atoms with Crippen LogP contribution in [0.5, 0.6) is 0 Å². The van der Waals surface area contributed by atoms with Crippen molar-refractivity contribution in [3.05, 3.63) is 0 Å². The van der Waals surface area contributed by atoms with Gasteiger partial charge in [0.1, 0.15) is 6.29 Å². The highest BCUT2D eigenvalue weighted by atomic mass is 16.7. The summed E-state index contributed by atoms with van der Waals surface area (Å²) in [5.74, 6) is -1.00. The Morgan fingerprint density at radius 2 is 1.93 bits per heavy atom. The van der Waals surface area contributed by atoms with Crippen LogP contribution in [0.3, 0.4) is 0 Å². The Kier molecular flexibility index (Phi) is 2.83. The van der Waals surface area contributed by atoms with Gasteiger partial charge >= 0.3 is 0 Å². The van der Waals surface area contributed by atoms with Crippen molar-refractivity contribution in [2.75, 3.05) is 26.4 Å². The van der Waals surface area contributed by atoms with Gasteiger partial charge in [0.15, 0.2) is 5.79 Å². The Hall–Kier alpha value is -0.450. The zero-order chi connectivity index (χ0) is 10.9. The number of carbonyl (C=O) groups excluding carboxylic acids is 1. The summed E-state index contributed by atoms with van der Waals surface area (Å²) in [6.07, 6.45) is 1.53. The normalized spacial score (nSPS) is 33.9. The van der Waals surface area contributed by atoms with Crippen molar-refractivity contribution in [2.45, 2.75) is 26.1 Å². The van der Waals surface area contributed by atoms with Gasteiger partial charge in [0.25, 0.3) is 0 Å². The average molecular weight is 214 g/mol. The molecule has 0 aliphatic carbocycles. The van der Waals surface area contributed by atoms with Gasteiger partial charge in [0.05, 0.1) is 32.3 Å². The zero-order valence-electron chi connectivity index (χ0n) is 9.32. The molecule has 0 radical (unpaired) electrons. The van der Waals surface area contributed by atoms with Gasteiger partial charge in [0, 0.05) is 11.8 Å². The second-order valence-corrected chi connectivity index (χ2v) is 5.12. The van der Waals surface area contributed by atoms with E-state index < -0.39 is 5.79 Å². The molecule has 0 aromatic rings. The van der Waals surface area contributed by atoms with Crippen molar-refractivity contribution < 1.29 is 19.0 Å². The maximum atomic E-state index is 11.0. The van der Waals surface area contributed by atoms with E-state index in [9.17, 15) is 4.79 Å². The summed E-state index contributed by atoms with van der Waals surface area (Å²) < 4.78 is 16.8. The van der Waals surface area contributed by atoms with Gasteiger partial charge in [-0.05, 0) is 0 Å². The molecule has 2 heterocycles. The molecule has 2 aliphatic rings. The van der Waals surface area contributed by atoms with Crippen molar-refractivity contribution in [1.82, 2.24) is 0 Å². The molecule has 0 aromatic carbocycles. The van der Waals surface area contributed by atoms with E-state index in [1.807, 2.05) is 0 Å². The quantitative estimate of drug-likeness (QED) is 0.611. The third-order valence-electron chi connectivity index (χ3n) is 3.04. The highest BCUT2D eigenvalue weighted by Gasteiger charge is 2.48. The monoisotopic (exact) mass is 214 g/mol. The summed E-state index contributed by atoms with van der Waals surface area (Å²) in [4.78, 5) is 11.0. The van der Waals surface area contributed by atoms with Crippen LogP contribution in [-0.4, -0.2) is 38.5 Å². The third-order valence-corrected chi connectivity index (χ3v) is 3.04.